The lowest BCUT2D eigenvalue weighted by Gasteiger charge is -2.38. The van der Waals surface area contributed by atoms with Gasteiger partial charge in [-0.3, -0.25) is 4.79 Å². The van der Waals surface area contributed by atoms with Gasteiger partial charge in [-0.15, -0.1) is 0 Å². The molecule has 2 aromatic carbocycles. The molecule has 1 amide bonds. The molecule has 1 saturated carbocycles. The molecule has 1 aliphatic carbocycles. The molecule has 7 heteroatoms. The van der Waals surface area contributed by atoms with Crippen molar-refractivity contribution >= 4 is 11.9 Å². The van der Waals surface area contributed by atoms with Crippen molar-refractivity contribution < 1.29 is 19.4 Å². The number of aromatic nitrogens is 2. The summed E-state index contributed by atoms with van der Waals surface area (Å²) in [5.41, 5.74) is 4.79. The first-order valence-corrected chi connectivity index (χ1v) is 13.2. The predicted octanol–water partition coefficient (Wildman–Crippen LogP) is 4.95. The number of hydrogen-bond donors (Lipinski definition) is 1. The lowest BCUT2D eigenvalue weighted by atomic mass is 9.75. The molecule has 1 fully saturated rings. The van der Waals surface area contributed by atoms with Crippen molar-refractivity contribution in [1.82, 2.24) is 14.5 Å². The average molecular weight is 502 g/mol. The summed E-state index contributed by atoms with van der Waals surface area (Å²) in [6, 6.07) is 15.0. The average Bonchev–Trinajstić information content (AvgIpc) is 3.31. The van der Waals surface area contributed by atoms with E-state index in [0.29, 0.717) is 6.54 Å². The van der Waals surface area contributed by atoms with Crippen molar-refractivity contribution in [3.8, 4) is 5.75 Å². The summed E-state index contributed by atoms with van der Waals surface area (Å²) in [6.07, 6.45) is 7.44. The van der Waals surface area contributed by atoms with E-state index in [1.54, 1.807) is 18.3 Å². The van der Waals surface area contributed by atoms with Gasteiger partial charge in [0.1, 0.15) is 11.8 Å². The molecule has 0 bridgehead atoms. The third-order valence-corrected chi connectivity index (χ3v) is 8.04. The van der Waals surface area contributed by atoms with Crippen molar-refractivity contribution in [1.29, 1.82) is 0 Å². The van der Waals surface area contributed by atoms with Crippen molar-refractivity contribution in [2.75, 3.05) is 7.11 Å². The van der Waals surface area contributed by atoms with E-state index in [2.05, 4.69) is 11.1 Å². The molecule has 1 N–H and O–H groups in total. The van der Waals surface area contributed by atoms with Crippen molar-refractivity contribution in [3.05, 3.63) is 82.9 Å². The number of carboxylic acid groups (broad SMARTS) is 1. The third kappa shape index (κ3) is 5.13. The van der Waals surface area contributed by atoms with Gasteiger partial charge in [-0.05, 0) is 48.4 Å². The molecule has 0 radical (unpaired) electrons. The Labute approximate surface area is 218 Å². The van der Waals surface area contributed by atoms with Crippen LogP contribution in [0.2, 0.25) is 0 Å². The number of carbonyl (C=O) groups excluding carboxylic acids is 1. The second-order valence-electron chi connectivity index (χ2n) is 10.4. The van der Waals surface area contributed by atoms with Gasteiger partial charge < -0.3 is 19.3 Å². The number of nitrogens with zero attached hydrogens (tertiary/aromatic N) is 3. The second-order valence-corrected chi connectivity index (χ2v) is 10.4. The summed E-state index contributed by atoms with van der Waals surface area (Å²) in [4.78, 5) is 32.8. The molecule has 2 aliphatic rings. The van der Waals surface area contributed by atoms with Crippen LogP contribution in [0.1, 0.15) is 66.1 Å². The van der Waals surface area contributed by atoms with E-state index in [4.69, 9.17) is 4.74 Å². The van der Waals surface area contributed by atoms with Gasteiger partial charge in [0.25, 0.3) is 0 Å². The summed E-state index contributed by atoms with van der Waals surface area (Å²) in [5, 5.41) is 10.2. The number of benzene rings is 2. The van der Waals surface area contributed by atoms with Crippen molar-refractivity contribution in [2.24, 2.45) is 5.92 Å². The van der Waals surface area contributed by atoms with Gasteiger partial charge in [-0.1, -0.05) is 61.7 Å². The first-order valence-electron chi connectivity index (χ1n) is 13.2. The SMILES string of the molecule is COc1ccc(Cn2cnc3c2C[C@@H](C(=O)O)N(C(=O)C(c2ccccc2)C2CCCCC2)C3)cc1C. The number of hydrogen-bond acceptors (Lipinski definition) is 4. The Bertz CT molecular complexity index is 1260. The molecule has 1 aromatic heterocycles. The lowest BCUT2D eigenvalue weighted by Crippen LogP contribution is -2.51. The molecular weight excluding hydrogens is 466 g/mol. The van der Waals surface area contributed by atoms with Crippen LogP contribution >= 0.6 is 0 Å². The number of aryl methyl sites for hydroxylation is 1. The molecule has 5 rings (SSSR count). The highest BCUT2D eigenvalue weighted by Crippen LogP contribution is 2.39. The minimum absolute atomic E-state index is 0.0866. The van der Waals surface area contributed by atoms with E-state index in [0.717, 1.165) is 59.5 Å². The van der Waals surface area contributed by atoms with Gasteiger partial charge in [0, 0.05) is 18.7 Å². The molecular formula is C30H35N3O4. The van der Waals surface area contributed by atoms with Crippen LogP contribution in [-0.4, -0.2) is 44.6 Å². The van der Waals surface area contributed by atoms with E-state index in [1.165, 1.54) is 6.42 Å². The number of methoxy groups -OCH3 is 1. The van der Waals surface area contributed by atoms with Gasteiger partial charge in [0.05, 0.1) is 31.6 Å². The minimum Gasteiger partial charge on any atom is -0.496 e. The number of imidazole rings is 1. The van der Waals surface area contributed by atoms with Crippen LogP contribution in [0.25, 0.3) is 0 Å². The highest BCUT2D eigenvalue weighted by molar-refractivity contribution is 5.89. The maximum atomic E-state index is 14.1. The first kappa shape index (κ1) is 25.1. The molecule has 1 aliphatic heterocycles. The zero-order valence-corrected chi connectivity index (χ0v) is 21.6. The molecule has 0 saturated heterocycles. The number of amides is 1. The minimum atomic E-state index is -0.970. The van der Waals surface area contributed by atoms with Gasteiger partial charge >= 0.3 is 5.97 Å². The fourth-order valence-electron chi connectivity index (χ4n) is 6.13. The van der Waals surface area contributed by atoms with E-state index in [1.807, 2.05) is 54.0 Å². The molecule has 2 atom stereocenters. The van der Waals surface area contributed by atoms with E-state index < -0.39 is 12.0 Å². The zero-order valence-electron chi connectivity index (χ0n) is 21.6. The molecule has 3 aromatic rings. The summed E-state index contributed by atoms with van der Waals surface area (Å²) >= 11 is 0. The standard InChI is InChI=1S/C30H35N3O4/c1-20-15-21(13-14-27(20)37-2)17-32-19-31-24-18-33(26(30(35)36)16-25(24)32)29(34)28(22-9-5-3-6-10-22)23-11-7-4-8-12-23/h3,5-6,9-10,13-15,19,23,26,28H,4,7-8,11-12,16-18H2,1-2H3,(H,35,36)/t26-,28?/m0/s1. The maximum absolute atomic E-state index is 14.1. The van der Waals surface area contributed by atoms with Crippen LogP contribution in [0, 0.1) is 12.8 Å². The largest absolute Gasteiger partial charge is 0.496 e. The summed E-state index contributed by atoms with van der Waals surface area (Å²) in [5.74, 6) is -0.314. The quantitative estimate of drug-likeness (QED) is 0.495. The van der Waals surface area contributed by atoms with Crippen LogP contribution in [0.15, 0.2) is 54.9 Å². The number of ether oxygens (including phenoxy) is 1. The van der Waals surface area contributed by atoms with E-state index in [9.17, 15) is 14.7 Å². The fraction of sp³-hybridized carbons (Fsp3) is 0.433. The second kappa shape index (κ2) is 10.8. The number of fused-ring (bicyclic) bond motifs is 1. The summed E-state index contributed by atoms with van der Waals surface area (Å²) < 4.78 is 7.39. The molecule has 2 heterocycles. The monoisotopic (exact) mass is 501 g/mol. The first-order chi connectivity index (χ1) is 18.0. The lowest BCUT2D eigenvalue weighted by molar-refractivity contribution is -0.153. The number of aliphatic carboxylic acids is 1. The Morgan fingerprint density at radius 1 is 1.11 bits per heavy atom. The van der Waals surface area contributed by atoms with E-state index >= 15 is 0 Å². The van der Waals surface area contributed by atoms with Crippen molar-refractivity contribution in [2.45, 2.75) is 70.5 Å². The van der Waals surface area contributed by atoms with Crippen LogP contribution in [-0.2, 0) is 29.1 Å². The zero-order chi connectivity index (χ0) is 25.9. The Kier molecular flexibility index (Phi) is 7.31. The van der Waals surface area contributed by atoms with Gasteiger partial charge in [0.2, 0.25) is 5.91 Å². The van der Waals surface area contributed by atoms with Crippen LogP contribution in [0.5, 0.6) is 5.75 Å². The number of carbonyl (C=O) groups is 2. The number of rotatable bonds is 7. The number of carboxylic acids is 1. The molecule has 37 heavy (non-hydrogen) atoms. The Morgan fingerprint density at radius 2 is 1.86 bits per heavy atom. The Hall–Kier alpha value is -3.61. The summed E-state index contributed by atoms with van der Waals surface area (Å²) in [7, 11) is 1.66. The summed E-state index contributed by atoms with van der Waals surface area (Å²) in [6.45, 7) is 2.81. The fourth-order valence-corrected chi connectivity index (χ4v) is 6.13. The smallest absolute Gasteiger partial charge is 0.326 e. The molecule has 194 valence electrons. The molecule has 1 unspecified atom stereocenters. The van der Waals surface area contributed by atoms with Gasteiger partial charge in [-0.2, -0.15) is 0 Å². The van der Waals surface area contributed by atoms with Gasteiger partial charge in [0.15, 0.2) is 0 Å². The predicted molar refractivity (Wildman–Crippen MR) is 140 cm³/mol. The highest BCUT2D eigenvalue weighted by Gasteiger charge is 2.42. The molecule has 0 spiro atoms. The Morgan fingerprint density at radius 3 is 2.54 bits per heavy atom. The third-order valence-electron chi connectivity index (χ3n) is 8.04. The Balaban J connectivity index is 1.43. The highest BCUT2D eigenvalue weighted by atomic mass is 16.5. The van der Waals surface area contributed by atoms with Gasteiger partial charge in [-0.25, -0.2) is 9.78 Å². The normalized spacial score (nSPS) is 18.8. The maximum Gasteiger partial charge on any atom is 0.326 e. The topological polar surface area (TPSA) is 84.7 Å². The molecule has 7 nitrogen and oxygen atoms in total. The van der Waals surface area contributed by atoms with Crippen molar-refractivity contribution in [3.63, 3.8) is 0 Å². The van der Waals surface area contributed by atoms with Crippen LogP contribution in [0.3, 0.4) is 0 Å². The van der Waals surface area contributed by atoms with E-state index in [-0.39, 0.29) is 30.7 Å². The van der Waals surface area contributed by atoms with Crippen LogP contribution < -0.4 is 4.74 Å². The van der Waals surface area contributed by atoms with Crippen LogP contribution in [0.4, 0.5) is 0 Å².